The molecule has 0 aromatic carbocycles. The highest BCUT2D eigenvalue weighted by Crippen LogP contribution is 2.14. The summed E-state index contributed by atoms with van der Waals surface area (Å²) in [6.45, 7) is 2.81. The summed E-state index contributed by atoms with van der Waals surface area (Å²) in [4.78, 5) is 23.0. The van der Waals surface area contributed by atoms with Gasteiger partial charge < -0.3 is 4.74 Å². The monoisotopic (exact) mass is 474 g/mol. The zero-order valence-corrected chi connectivity index (χ0v) is 22.4. The fraction of sp³-hybridized carbons (Fsp3) is 0.806. The molecule has 0 aromatic rings. The van der Waals surface area contributed by atoms with E-state index in [2.05, 4.69) is 31.2 Å². The standard InChI is InChI=1S/C16H28O.C15H26O2/c17-16-14-12-10-8-6-4-2-1-3-5-7-9-11-13-15-16;1-14-10-8-6-4-2-3-5-7-9-11-15(16)17-13-12-14/h1-2H,3-15H2;6,8,14H,2-5,7,9-13H2,1H3/b2-1+;8-6+. The number of allylic oxidation sites excluding steroid dienone is 4. The smallest absolute Gasteiger partial charge is 0.305 e. The summed E-state index contributed by atoms with van der Waals surface area (Å²) in [6.07, 6.45) is 34.6. The molecule has 0 saturated heterocycles. The lowest BCUT2D eigenvalue weighted by atomic mass is 10.0. The van der Waals surface area contributed by atoms with E-state index in [0.29, 0.717) is 24.7 Å². The molecule has 3 heteroatoms. The van der Waals surface area contributed by atoms with Crippen LogP contribution >= 0.6 is 0 Å². The van der Waals surface area contributed by atoms with Gasteiger partial charge in [-0.15, -0.1) is 0 Å². The zero-order valence-electron chi connectivity index (χ0n) is 22.4. The molecular weight excluding hydrogens is 420 g/mol. The van der Waals surface area contributed by atoms with Crippen molar-refractivity contribution in [1.29, 1.82) is 0 Å². The van der Waals surface area contributed by atoms with Crippen LogP contribution < -0.4 is 0 Å². The Balaban J connectivity index is 0.000000340. The van der Waals surface area contributed by atoms with Gasteiger partial charge in [-0.05, 0) is 76.5 Å². The topological polar surface area (TPSA) is 43.4 Å². The third-order valence-electron chi connectivity index (χ3n) is 6.90. The van der Waals surface area contributed by atoms with E-state index in [1.54, 1.807) is 0 Å². The van der Waals surface area contributed by atoms with Crippen molar-refractivity contribution in [3.05, 3.63) is 24.3 Å². The van der Waals surface area contributed by atoms with E-state index in [-0.39, 0.29) is 5.97 Å². The summed E-state index contributed by atoms with van der Waals surface area (Å²) >= 11 is 0. The van der Waals surface area contributed by atoms with Gasteiger partial charge in [0.05, 0.1) is 6.61 Å². The van der Waals surface area contributed by atoms with Gasteiger partial charge >= 0.3 is 5.97 Å². The minimum absolute atomic E-state index is 0.0115. The fourth-order valence-electron chi connectivity index (χ4n) is 4.49. The van der Waals surface area contributed by atoms with Gasteiger partial charge in [-0.3, -0.25) is 9.59 Å². The normalized spacial score (nSPS) is 26.0. The number of rotatable bonds is 0. The number of esters is 1. The van der Waals surface area contributed by atoms with Crippen LogP contribution in [0.3, 0.4) is 0 Å². The molecule has 3 nitrogen and oxygen atoms in total. The van der Waals surface area contributed by atoms with Crippen molar-refractivity contribution in [2.45, 2.75) is 148 Å². The summed E-state index contributed by atoms with van der Waals surface area (Å²) < 4.78 is 5.23. The first-order chi connectivity index (χ1) is 16.7. The molecular formula is C31H54O3. The molecule has 0 N–H and O–H groups in total. The average molecular weight is 475 g/mol. The Kier molecular flexibility index (Phi) is 21.1. The summed E-state index contributed by atoms with van der Waals surface area (Å²) in [5.74, 6) is 1.10. The molecule has 1 aliphatic heterocycles. The van der Waals surface area contributed by atoms with E-state index in [1.165, 1.54) is 83.5 Å². The molecule has 1 heterocycles. The van der Waals surface area contributed by atoms with Gasteiger partial charge in [0.2, 0.25) is 0 Å². The summed E-state index contributed by atoms with van der Waals surface area (Å²) in [7, 11) is 0. The molecule has 0 saturated carbocycles. The van der Waals surface area contributed by atoms with Crippen LogP contribution in [0.2, 0.25) is 0 Å². The lowest BCUT2D eigenvalue weighted by molar-refractivity contribution is -0.144. The molecule has 0 aromatic heterocycles. The van der Waals surface area contributed by atoms with Gasteiger partial charge in [-0.2, -0.15) is 0 Å². The summed E-state index contributed by atoms with van der Waals surface area (Å²) in [6, 6.07) is 0. The molecule has 0 fully saturated rings. The maximum absolute atomic E-state index is 11.6. The minimum Gasteiger partial charge on any atom is -0.466 e. The van der Waals surface area contributed by atoms with Crippen LogP contribution in [0.15, 0.2) is 24.3 Å². The Hall–Kier alpha value is -1.38. The van der Waals surface area contributed by atoms with Gasteiger partial charge in [0.25, 0.3) is 0 Å². The Bertz CT molecular complexity index is 549. The van der Waals surface area contributed by atoms with Crippen molar-refractivity contribution in [3.63, 3.8) is 0 Å². The second kappa shape index (κ2) is 23.4. The van der Waals surface area contributed by atoms with Gasteiger partial charge in [0.15, 0.2) is 0 Å². The number of ether oxygens (including phenoxy) is 1. The molecule has 0 spiro atoms. The van der Waals surface area contributed by atoms with Crippen molar-refractivity contribution < 1.29 is 14.3 Å². The maximum Gasteiger partial charge on any atom is 0.305 e. The highest BCUT2D eigenvalue weighted by Gasteiger charge is 2.05. The third kappa shape index (κ3) is 21.2. The number of hydrogen-bond acceptors (Lipinski definition) is 3. The van der Waals surface area contributed by atoms with Crippen LogP contribution in [0, 0.1) is 5.92 Å². The molecule has 1 unspecified atom stereocenters. The van der Waals surface area contributed by atoms with Crippen LogP contribution in [0.25, 0.3) is 0 Å². The Morgan fingerprint density at radius 2 is 1.03 bits per heavy atom. The highest BCUT2D eigenvalue weighted by molar-refractivity contribution is 5.78. The number of carbonyl (C=O) groups is 2. The first kappa shape index (κ1) is 30.7. The second-order valence-electron chi connectivity index (χ2n) is 10.4. The van der Waals surface area contributed by atoms with Crippen molar-refractivity contribution >= 4 is 11.8 Å². The molecule has 1 atom stereocenters. The van der Waals surface area contributed by atoms with E-state index in [9.17, 15) is 9.59 Å². The van der Waals surface area contributed by atoms with Crippen molar-refractivity contribution in [1.82, 2.24) is 0 Å². The van der Waals surface area contributed by atoms with Crippen molar-refractivity contribution in [2.24, 2.45) is 5.92 Å². The third-order valence-corrected chi connectivity index (χ3v) is 6.90. The first-order valence-corrected chi connectivity index (χ1v) is 14.7. The molecule has 1 aliphatic carbocycles. The van der Waals surface area contributed by atoms with E-state index in [0.717, 1.165) is 51.4 Å². The Morgan fingerprint density at radius 3 is 1.59 bits per heavy atom. The predicted molar refractivity (Wildman–Crippen MR) is 145 cm³/mol. The van der Waals surface area contributed by atoms with Crippen LogP contribution in [0.1, 0.15) is 148 Å². The molecule has 0 amide bonds. The van der Waals surface area contributed by atoms with Gasteiger partial charge in [0, 0.05) is 19.3 Å². The molecule has 0 radical (unpaired) electrons. The number of carbonyl (C=O) groups excluding carboxylic acids is 2. The van der Waals surface area contributed by atoms with Gasteiger partial charge in [-0.1, -0.05) is 82.6 Å². The van der Waals surface area contributed by atoms with E-state index in [4.69, 9.17) is 4.74 Å². The van der Waals surface area contributed by atoms with Crippen LogP contribution in [-0.4, -0.2) is 18.4 Å². The van der Waals surface area contributed by atoms with Crippen LogP contribution in [0.4, 0.5) is 0 Å². The van der Waals surface area contributed by atoms with Crippen LogP contribution in [-0.2, 0) is 14.3 Å². The minimum atomic E-state index is -0.0115. The van der Waals surface area contributed by atoms with E-state index >= 15 is 0 Å². The van der Waals surface area contributed by atoms with Crippen molar-refractivity contribution in [2.75, 3.05) is 6.61 Å². The summed E-state index contributed by atoms with van der Waals surface area (Å²) in [5, 5.41) is 0. The van der Waals surface area contributed by atoms with Crippen molar-refractivity contribution in [3.8, 4) is 0 Å². The van der Waals surface area contributed by atoms with E-state index < -0.39 is 0 Å². The lowest BCUT2D eigenvalue weighted by Gasteiger charge is -2.09. The Morgan fingerprint density at radius 1 is 0.588 bits per heavy atom. The second-order valence-corrected chi connectivity index (χ2v) is 10.4. The Labute approximate surface area is 211 Å². The first-order valence-electron chi connectivity index (χ1n) is 14.7. The largest absolute Gasteiger partial charge is 0.466 e. The van der Waals surface area contributed by atoms with Gasteiger partial charge in [-0.25, -0.2) is 0 Å². The van der Waals surface area contributed by atoms with Gasteiger partial charge in [0.1, 0.15) is 5.78 Å². The zero-order chi connectivity index (χ0) is 24.5. The highest BCUT2D eigenvalue weighted by atomic mass is 16.5. The number of cyclic esters (lactones) is 1. The molecule has 196 valence electrons. The number of Topliss-reactive ketones (excluding diaryl/α,β-unsaturated/α-hetero) is 1. The number of ketones is 1. The van der Waals surface area contributed by atoms with E-state index in [1.807, 2.05) is 0 Å². The molecule has 2 rings (SSSR count). The number of hydrogen-bond donors (Lipinski definition) is 0. The average Bonchev–Trinajstić information content (AvgIpc) is 2.82. The quantitative estimate of drug-likeness (QED) is 0.259. The lowest BCUT2D eigenvalue weighted by Crippen LogP contribution is -2.08. The SMILES string of the molecule is CC1C/C=C/CCCCCCCC(=O)OCC1.O=C1CCCCCC/C=C/CCCCCCC1. The molecule has 34 heavy (non-hydrogen) atoms. The predicted octanol–water partition coefficient (Wildman–Crippen LogP) is 9.44. The maximum atomic E-state index is 11.6. The van der Waals surface area contributed by atoms with Crippen LogP contribution in [0.5, 0.6) is 0 Å². The fourth-order valence-corrected chi connectivity index (χ4v) is 4.49. The molecule has 0 bridgehead atoms. The molecule has 2 aliphatic rings. The summed E-state index contributed by atoms with van der Waals surface area (Å²) in [5.41, 5.74) is 0.